The number of nitrogens with zero attached hydrogens (tertiary/aromatic N) is 1. The maximum Gasteiger partial charge on any atom is 0.289 e. The first kappa shape index (κ1) is 16.6. The van der Waals surface area contributed by atoms with E-state index < -0.39 is 0 Å². The molecule has 0 unspecified atom stereocenters. The molecule has 24 heavy (non-hydrogen) atoms. The van der Waals surface area contributed by atoms with Gasteiger partial charge < -0.3 is 14.1 Å². The second-order valence-electron chi connectivity index (χ2n) is 5.67. The highest BCUT2D eigenvalue weighted by atomic mass is 79.9. The fourth-order valence-corrected chi connectivity index (χ4v) is 3.07. The predicted molar refractivity (Wildman–Crippen MR) is 97.4 cm³/mol. The number of amides is 1. The third kappa shape index (κ3) is 3.04. The van der Waals surface area contributed by atoms with Crippen LogP contribution in [-0.2, 0) is 6.54 Å². The van der Waals surface area contributed by atoms with Crippen LogP contribution in [0.1, 0.15) is 21.7 Å². The van der Waals surface area contributed by atoms with Crippen LogP contribution in [0, 0.1) is 6.92 Å². The molecule has 0 fully saturated rings. The van der Waals surface area contributed by atoms with E-state index in [9.17, 15) is 4.79 Å². The number of fused-ring (bicyclic) bond motifs is 1. The molecule has 0 saturated heterocycles. The summed E-state index contributed by atoms with van der Waals surface area (Å²) in [6.45, 7) is 2.39. The summed E-state index contributed by atoms with van der Waals surface area (Å²) in [6, 6.07) is 13.4. The molecule has 2 aromatic carbocycles. The van der Waals surface area contributed by atoms with Gasteiger partial charge in [-0.15, -0.1) is 0 Å². The van der Waals surface area contributed by atoms with E-state index in [1.807, 2.05) is 49.4 Å². The number of hydrogen-bond acceptors (Lipinski definition) is 3. The maximum atomic E-state index is 12.8. The van der Waals surface area contributed by atoms with Gasteiger partial charge in [-0.3, -0.25) is 4.79 Å². The fraction of sp³-hybridized carbons (Fsp3) is 0.211. The van der Waals surface area contributed by atoms with Crippen LogP contribution in [0.5, 0.6) is 5.75 Å². The quantitative estimate of drug-likeness (QED) is 0.646. The molecule has 0 aliphatic carbocycles. The first-order valence-corrected chi connectivity index (χ1v) is 8.36. The van der Waals surface area contributed by atoms with E-state index in [2.05, 4.69) is 15.9 Å². The SMILES string of the molecule is COc1ccc2oc(C(=O)N(C)Cc3ccccc3Br)c(C)c2c1. The minimum atomic E-state index is -0.140. The molecule has 0 atom stereocenters. The Hall–Kier alpha value is -2.27. The summed E-state index contributed by atoms with van der Waals surface area (Å²) < 4.78 is 12.0. The van der Waals surface area contributed by atoms with Crippen LogP contribution in [0.2, 0.25) is 0 Å². The topological polar surface area (TPSA) is 42.7 Å². The first-order chi connectivity index (χ1) is 11.5. The number of carbonyl (C=O) groups excluding carboxylic acids is 1. The molecule has 1 amide bonds. The lowest BCUT2D eigenvalue weighted by atomic mass is 10.1. The second kappa shape index (κ2) is 6.69. The number of methoxy groups -OCH3 is 1. The number of ether oxygens (including phenoxy) is 1. The van der Waals surface area contributed by atoms with Crippen molar-refractivity contribution in [3.8, 4) is 5.75 Å². The molecule has 0 bridgehead atoms. The summed E-state index contributed by atoms with van der Waals surface area (Å²) in [4.78, 5) is 14.4. The highest BCUT2D eigenvalue weighted by molar-refractivity contribution is 9.10. The van der Waals surface area contributed by atoms with E-state index in [1.165, 1.54) is 0 Å². The van der Waals surface area contributed by atoms with Crippen LogP contribution in [0.25, 0.3) is 11.0 Å². The summed E-state index contributed by atoms with van der Waals surface area (Å²) in [5.41, 5.74) is 2.56. The van der Waals surface area contributed by atoms with E-state index in [0.717, 1.165) is 26.7 Å². The Balaban J connectivity index is 1.90. The zero-order chi connectivity index (χ0) is 17.3. The minimum Gasteiger partial charge on any atom is -0.497 e. The van der Waals surface area contributed by atoms with Gasteiger partial charge in [-0.2, -0.15) is 0 Å². The van der Waals surface area contributed by atoms with Crippen LogP contribution in [0.4, 0.5) is 0 Å². The van der Waals surface area contributed by atoms with Gasteiger partial charge in [0.1, 0.15) is 11.3 Å². The molecule has 0 N–H and O–H groups in total. The van der Waals surface area contributed by atoms with E-state index in [1.54, 1.807) is 19.1 Å². The third-order valence-corrected chi connectivity index (χ3v) is 4.82. The molecule has 3 aromatic rings. The molecule has 5 heteroatoms. The summed E-state index contributed by atoms with van der Waals surface area (Å²) >= 11 is 3.51. The highest BCUT2D eigenvalue weighted by Crippen LogP contribution is 2.29. The zero-order valence-electron chi connectivity index (χ0n) is 13.8. The molecule has 124 valence electrons. The number of rotatable bonds is 4. The van der Waals surface area contributed by atoms with Crippen molar-refractivity contribution in [3.63, 3.8) is 0 Å². The van der Waals surface area contributed by atoms with Crippen LogP contribution in [0.3, 0.4) is 0 Å². The van der Waals surface area contributed by atoms with Gasteiger partial charge in [0.05, 0.1) is 7.11 Å². The smallest absolute Gasteiger partial charge is 0.289 e. The highest BCUT2D eigenvalue weighted by Gasteiger charge is 2.21. The number of carbonyl (C=O) groups is 1. The molecule has 3 rings (SSSR count). The maximum absolute atomic E-state index is 12.8. The Labute approximate surface area is 149 Å². The van der Waals surface area contributed by atoms with Gasteiger partial charge in [-0.1, -0.05) is 34.1 Å². The normalized spacial score (nSPS) is 10.8. The molecule has 0 radical (unpaired) electrons. The Bertz CT molecular complexity index is 901. The van der Waals surface area contributed by atoms with Crippen molar-refractivity contribution >= 4 is 32.8 Å². The van der Waals surface area contributed by atoms with Crippen LogP contribution >= 0.6 is 15.9 Å². The van der Waals surface area contributed by atoms with Crippen molar-refractivity contribution in [3.05, 3.63) is 63.8 Å². The first-order valence-electron chi connectivity index (χ1n) is 7.57. The largest absolute Gasteiger partial charge is 0.497 e. The van der Waals surface area contributed by atoms with Gasteiger partial charge in [-0.05, 0) is 36.8 Å². The van der Waals surface area contributed by atoms with Crippen molar-refractivity contribution < 1.29 is 13.9 Å². The Morgan fingerprint density at radius 1 is 1.25 bits per heavy atom. The summed E-state index contributed by atoms with van der Waals surface area (Å²) in [5.74, 6) is 0.971. The van der Waals surface area contributed by atoms with Crippen LogP contribution in [-0.4, -0.2) is 25.0 Å². The monoisotopic (exact) mass is 387 g/mol. The molecule has 0 spiro atoms. The van der Waals surface area contributed by atoms with Crippen molar-refractivity contribution in [2.45, 2.75) is 13.5 Å². The number of halogens is 1. The summed E-state index contributed by atoms with van der Waals surface area (Å²) in [6.07, 6.45) is 0. The van der Waals surface area contributed by atoms with Crippen LogP contribution < -0.4 is 4.74 Å². The Kier molecular flexibility index (Phi) is 4.62. The summed E-state index contributed by atoms with van der Waals surface area (Å²) in [5, 5.41) is 0.895. The van der Waals surface area contributed by atoms with Crippen molar-refractivity contribution in [2.75, 3.05) is 14.2 Å². The van der Waals surface area contributed by atoms with Crippen molar-refractivity contribution in [1.82, 2.24) is 4.90 Å². The number of furan rings is 1. The van der Waals surface area contributed by atoms with Gasteiger partial charge in [0, 0.05) is 29.0 Å². The van der Waals surface area contributed by atoms with E-state index in [4.69, 9.17) is 9.15 Å². The molecule has 1 aromatic heterocycles. The molecular formula is C19H18BrNO3. The molecule has 0 aliphatic heterocycles. The zero-order valence-corrected chi connectivity index (χ0v) is 15.4. The lowest BCUT2D eigenvalue weighted by molar-refractivity contribution is 0.0754. The molecule has 0 aliphatic rings. The van der Waals surface area contributed by atoms with E-state index in [0.29, 0.717) is 17.9 Å². The third-order valence-electron chi connectivity index (χ3n) is 4.05. The Morgan fingerprint density at radius 3 is 2.71 bits per heavy atom. The Morgan fingerprint density at radius 2 is 2.00 bits per heavy atom. The van der Waals surface area contributed by atoms with Crippen molar-refractivity contribution in [1.29, 1.82) is 0 Å². The van der Waals surface area contributed by atoms with Gasteiger partial charge in [0.25, 0.3) is 5.91 Å². The van der Waals surface area contributed by atoms with Gasteiger partial charge in [-0.25, -0.2) is 0 Å². The number of hydrogen-bond donors (Lipinski definition) is 0. The second-order valence-corrected chi connectivity index (χ2v) is 6.53. The standard InChI is InChI=1S/C19H18BrNO3/c1-12-15-10-14(23-3)8-9-17(15)24-18(12)19(22)21(2)11-13-6-4-5-7-16(13)20/h4-10H,11H2,1-3H3. The fourth-order valence-electron chi connectivity index (χ4n) is 2.66. The number of benzene rings is 2. The van der Waals surface area contributed by atoms with Crippen molar-refractivity contribution in [2.24, 2.45) is 0 Å². The molecule has 1 heterocycles. The number of aryl methyl sites for hydroxylation is 1. The lowest BCUT2D eigenvalue weighted by Crippen LogP contribution is -2.26. The molecular weight excluding hydrogens is 370 g/mol. The van der Waals surface area contributed by atoms with Gasteiger partial charge in [0.15, 0.2) is 5.76 Å². The van der Waals surface area contributed by atoms with Gasteiger partial charge in [0.2, 0.25) is 0 Å². The van der Waals surface area contributed by atoms with Crippen LogP contribution in [0.15, 0.2) is 51.4 Å². The molecule has 0 saturated carbocycles. The average Bonchev–Trinajstić information content (AvgIpc) is 2.92. The summed E-state index contributed by atoms with van der Waals surface area (Å²) in [7, 11) is 3.39. The van der Waals surface area contributed by atoms with Gasteiger partial charge >= 0.3 is 0 Å². The average molecular weight is 388 g/mol. The van der Waals surface area contributed by atoms with E-state index >= 15 is 0 Å². The molecule has 4 nitrogen and oxygen atoms in total. The minimum absolute atomic E-state index is 0.140. The lowest BCUT2D eigenvalue weighted by Gasteiger charge is -2.17. The van der Waals surface area contributed by atoms with E-state index in [-0.39, 0.29) is 5.91 Å². The predicted octanol–water partition coefficient (Wildman–Crippen LogP) is 4.78.